The van der Waals surface area contributed by atoms with Crippen molar-refractivity contribution in [3.8, 4) is 5.75 Å². The topological polar surface area (TPSA) is 116 Å². The molecule has 1 amide bonds. The van der Waals surface area contributed by atoms with Crippen LogP contribution in [0.25, 0.3) is 0 Å². The normalized spacial score (nSPS) is 28.9. The van der Waals surface area contributed by atoms with E-state index < -0.39 is 48.6 Å². The van der Waals surface area contributed by atoms with Gasteiger partial charge in [0.2, 0.25) is 5.91 Å². The van der Waals surface area contributed by atoms with E-state index in [0.29, 0.717) is 5.75 Å². The molecule has 2 saturated heterocycles. The van der Waals surface area contributed by atoms with Gasteiger partial charge in [0, 0.05) is 0 Å². The number of nitrogens with two attached hydrogens (primary N) is 1. The first-order valence-electron chi connectivity index (χ1n) is 8.77. The molecule has 0 spiro atoms. The molecule has 1 aromatic carbocycles. The lowest BCUT2D eigenvalue weighted by Gasteiger charge is -2.28. The first kappa shape index (κ1) is 20.3. The maximum atomic E-state index is 12.3. The van der Waals surface area contributed by atoms with E-state index in [1.807, 2.05) is 0 Å². The van der Waals surface area contributed by atoms with E-state index >= 15 is 0 Å². The number of amides is 1. The Morgan fingerprint density at radius 3 is 2.64 bits per heavy atom. The van der Waals surface area contributed by atoms with Gasteiger partial charge in [0.1, 0.15) is 11.9 Å². The van der Waals surface area contributed by atoms with Crippen LogP contribution in [0.2, 0.25) is 0 Å². The molecule has 2 fully saturated rings. The van der Waals surface area contributed by atoms with Gasteiger partial charge in [-0.05, 0) is 26.0 Å². The lowest BCUT2D eigenvalue weighted by Crippen LogP contribution is -2.50. The average Bonchev–Trinajstić information content (AvgIpc) is 3.09. The molecule has 0 unspecified atom stereocenters. The molecule has 28 heavy (non-hydrogen) atoms. The van der Waals surface area contributed by atoms with E-state index in [9.17, 15) is 9.59 Å². The van der Waals surface area contributed by atoms with Gasteiger partial charge in [0.25, 0.3) is 0 Å². The number of carbonyl (C=O) groups is 2. The van der Waals surface area contributed by atoms with Crippen LogP contribution in [-0.2, 0) is 28.5 Å². The number of para-hydroxylation sites is 1. The van der Waals surface area contributed by atoms with E-state index in [4.69, 9.17) is 34.2 Å². The third-order valence-electron chi connectivity index (χ3n) is 4.18. The summed E-state index contributed by atoms with van der Waals surface area (Å²) in [5.74, 6) is -1.43. The summed E-state index contributed by atoms with van der Waals surface area (Å²) in [5, 5.41) is 0. The highest BCUT2D eigenvalue weighted by atomic mass is 16.9. The van der Waals surface area contributed by atoms with Gasteiger partial charge in [0.05, 0.1) is 6.61 Å². The molecule has 2 N–H and O–H groups in total. The number of carbonyl (C=O) groups excluding carboxylic acids is 2. The Morgan fingerprint density at radius 2 is 2.00 bits per heavy atom. The summed E-state index contributed by atoms with van der Waals surface area (Å²) in [6, 6.07) is 8.41. The molecule has 152 valence electrons. The summed E-state index contributed by atoms with van der Waals surface area (Å²) in [4.78, 5) is 24.2. The second kappa shape index (κ2) is 8.27. The smallest absolute Gasteiger partial charge is 0.425 e. The molecule has 2 aliphatic heterocycles. The van der Waals surface area contributed by atoms with Gasteiger partial charge in [0.15, 0.2) is 30.4 Å². The van der Waals surface area contributed by atoms with Crippen molar-refractivity contribution in [1.82, 2.24) is 0 Å². The van der Waals surface area contributed by atoms with Crippen molar-refractivity contribution in [2.24, 2.45) is 5.73 Å². The summed E-state index contributed by atoms with van der Waals surface area (Å²) >= 11 is 0. The van der Waals surface area contributed by atoms with Crippen LogP contribution >= 0.6 is 0 Å². The van der Waals surface area contributed by atoms with Gasteiger partial charge in [-0.25, -0.2) is 4.79 Å². The number of primary amides is 1. The Balaban J connectivity index is 1.78. The summed E-state index contributed by atoms with van der Waals surface area (Å²) < 4.78 is 33.2. The van der Waals surface area contributed by atoms with Crippen LogP contribution in [-0.4, -0.2) is 55.2 Å². The van der Waals surface area contributed by atoms with E-state index in [1.165, 1.54) is 6.08 Å². The van der Waals surface area contributed by atoms with Crippen LogP contribution in [0.4, 0.5) is 4.79 Å². The molecule has 2 aliphatic rings. The first-order chi connectivity index (χ1) is 13.3. The molecule has 0 aromatic heterocycles. The number of hydrogen-bond donors (Lipinski definition) is 1. The molecule has 1 aromatic rings. The Morgan fingerprint density at radius 1 is 1.29 bits per heavy atom. The highest BCUT2D eigenvalue weighted by molar-refractivity contribution is 5.80. The lowest BCUT2D eigenvalue weighted by molar-refractivity contribution is -0.227. The molecular weight excluding hydrogens is 370 g/mol. The Bertz CT molecular complexity index is 722. The van der Waals surface area contributed by atoms with Gasteiger partial charge in [-0.15, -0.1) is 6.58 Å². The second-order valence-corrected chi connectivity index (χ2v) is 6.76. The minimum atomic E-state index is -1.20. The lowest BCUT2D eigenvalue weighted by atomic mass is 10.0. The zero-order chi connectivity index (χ0) is 20.3. The SMILES string of the molecule is C=CCO[C@H](C(N)=O)[C@H]1O[C@@H]2OC(C)(C)O[C@@H]2[C@H]1OC(=O)Oc1ccccc1. The monoisotopic (exact) mass is 393 g/mol. The summed E-state index contributed by atoms with van der Waals surface area (Å²) in [6.45, 7) is 6.98. The van der Waals surface area contributed by atoms with Crippen molar-refractivity contribution in [2.45, 2.75) is 50.3 Å². The van der Waals surface area contributed by atoms with Crippen molar-refractivity contribution in [3.63, 3.8) is 0 Å². The number of hydrogen-bond acceptors (Lipinski definition) is 8. The van der Waals surface area contributed by atoms with E-state index in [-0.39, 0.29) is 6.61 Å². The van der Waals surface area contributed by atoms with Crippen LogP contribution < -0.4 is 10.5 Å². The van der Waals surface area contributed by atoms with E-state index in [1.54, 1.807) is 44.2 Å². The quantitative estimate of drug-likeness (QED) is 0.421. The zero-order valence-electron chi connectivity index (χ0n) is 15.6. The third kappa shape index (κ3) is 4.50. The highest BCUT2D eigenvalue weighted by Gasteiger charge is 2.59. The van der Waals surface area contributed by atoms with Gasteiger partial charge >= 0.3 is 6.16 Å². The largest absolute Gasteiger partial charge is 0.514 e. The molecule has 5 atom stereocenters. The third-order valence-corrected chi connectivity index (χ3v) is 4.18. The fourth-order valence-electron chi connectivity index (χ4n) is 3.11. The number of rotatable bonds is 7. The zero-order valence-corrected chi connectivity index (χ0v) is 15.6. The van der Waals surface area contributed by atoms with Crippen molar-refractivity contribution in [3.05, 3.63) is 43.0 Å². The standard InChI is InChI=1S/C19H23NO8/c1-4-10-23-14(16(20)21)12-13(15-17(25-12)28-19(2,3)27-15)26-18(22)24-11-8-6-5-7-9-11/h4-9,12-15,17H,1,10H2,2-3H3,(H2,20,21)/t12-,13-,14-,15+,17+/m0/s1. The predicted octanol–water partition coefficient (Wildman–Crippen LogP) is 1.50. The predicted molar refractivity (Wildman–Crippen MR) is 95.2 cm³/mol. The molecular formula is C19H23NO8. The van der Waals surface area contributed by atoms with E-state index in [0.717, 1.165) is 0 Å². The van der Waals surface area contributed by atoms with Gasteiger partial charge in [-0.1, -0.05) is 24.3 Å². The number of benzene rings is 1. The van der Waals surface area contributed by atoms with Crippen LogP contribution in [0.15, 0.2) is 43.0 Å². The average molecular weight is 393 g/mol. The fraction of sp³-hybridized carbons (Fsp3) is 0.474. The highest BCUT2D eigenvalue weighted by Crippen LogP contribution is 2.40. The maximum Gasteiger partial charge on any atom is 0.514 e. The van der Waals surface area contributed by atoms with Gasteiger partial charge in [-0.3, -0.25) is 4.79 Å². The minimum Gasteiger partial charge on any atom is -0.425 e. The molecule has 3 rings (SSSR count). The van der Waals surface area contributed by atoms with Crippen LogP contribution in [0, 0.1) is 0 Å². The molecule has 9 nitrogen and oxygen atoms in total. The van der Waals surface area contributed by atoms with Crippen LogP contribution in [0.1, 0.15) is 13.8 Å². The number of ether oxygens (including phenoxy) is 6. The van der Waals surface area contributed by atoms with Crippen molar-refractivity contribution >= 4 is 12.1 Å². The van der Waals surface area contributed by atoms with Gasteiger partial charge in [-0.2, -0.15) is 0 Å². The maximum absolute atomic E-state index is 12.3. The molecule has 0 radical (unpaired) electrons. The Kier molecular flexibility index (Phi) is 5.99. The van der Waals surface area contributed by atoms with E-state index in [2.05, 4.69) is 6.58 Å². The second-order valence-electron chi connectivity index (χ2n) is 6.76. The summed E-state index contributed by atoms with van der Waals surface area (Å²) in [6.07, 6.45) is -4.43. The van der Waals surface area contributed by atoms with Crippen LogP contribution in [0.5, 0.6) is 5.75 Å². The molecule has 0 bridgehead atoms. The van der Waals surface area contributed by atoms with Crippen molar-refractivity contribution < 1.29 is 38.0 Å². The molecule has 2 heterocycles. The minimum absolute atomic E-state index is 0.0528. The Hall–Kier alpha value is -2.46. The molecule has 0 saturated carbocycles. The summed E-state index contributed by atoms with van der Waals surface area (Å²) in [5.41, 5.74) is 5.45. The van der Waals surface area contributed by atoms with Gasteiger partial charge < -0.3 is 34.2 Å². The first-order valence-corrected chi connectivity index (χ1v) is 8.77. The van der Waals surface area contributed by atoms with Crippen molar-refractivity contribution in [2.75, 3.05) is 6.61 Å². The van der Waals surface area contributed by atoms with Crippen LogP contribution in [0.3, 0.4) is 0 Å². The van der Waals surface area contributed by atoms with Crippen molar-refractivity contribution in [1.29, 1.82) is 0 Å². The molecule has 9 heteroatoms. The number of fused-ring (bicyclic) bond motifs is 1. The Labute approximate surface area is 162 Å². The fourth-order valence-corrected chi connectivity index (χ4v) is 3.11. The molecule has 0 aliphatic carbocycles. The summed E-state index contributed by atoms with van der Waals surface area (Å²) in [7, 11) is 0.